The summed E-state index contributed by atoms with van der Waals surface area (Å²) in [5, 5.41) is 7.27. The molecule has 2 heterocycles. The summed E-state index contributed by atoms with van der Waals surface area (Å²) < 4.78 is 2.36. The topological polar surface area (TPSA) is 30.7 Å². The smallest absolute Gasteiger partial charge is 0.145 e. The third-order valence-corrected chi connectivity index (χ3v) is 6.03. The Balaban J connectivity index is 1.84. The van der Waals surface area contributed by atoms with E-state index in [2.05, 4.69) is 97.3 Å². The van der Waals surface area contributed by atoms with Crippen molar-refractivity contribution in [1.29, 1.82) is 0 Å². The molecule has 0 N–H and O–H groups in total. The molecule has 6 aromatic rings. The number of hydrogen-bond acceptors (Lipinski definition) is 2. The van der Waals surface area contributed by atoms with Crippen LogP contribution >= 0.6 is 0 Å². The first kappa shape index (κ1) is 17.2. The van der Waals surface area contributed by atoms with Crippen molar-refractivity contribution in [3.63, 3.8) is 0 Å². The molecule has 30 heavy (non-hydrogen) atoms. The van der Waals surface area contributed by atoms with Crippen molar-refractivity contribution in [1.82, 2.24) is 14.5 Å². The molecule has 3 nitrogen and oxygen atoms in total. The Labute approximate surface area is 174 Å². The minimum atomic E-state index is 0.283. The highest BCUT2D eigenvalue weighted by atomic mass is 15.1. The standard InChI is InChI=1S/C27H21N3/c1-17(2)30-26-21-12-6-4-9-19(21)14-15-23(26)24-25(28-16-29-27(24)30)22-13-7-10-18-8-3-5-11-20(18)22/h3-17H,1-2H3. The predicted molar refractivity (Wildman–Crippen MR) is 126 cm³/mol. The highest BCUT2D eigenvalue weighted by molar-refractivity contribution is 6.21. The molecule has 4 aromatic carbocycles. The molecule has 0 bridgehead atoms. The third kappa shape index (κ3) is 2.32. The van der Waals surface area contributed by atoms with Gasteiger partial charge < -0.3 is 4.57 Å². The molecule has 0 aliphatic rings. The van der Waals surface area contributed by atoms with E-state index in [9.17, 15) is 0 Å². The van der Waals surface area contributed by atoms with Crippen LogP contribution in [0.1, 0.15) is 19.9 Å². The van der Waals surface area contributed by atoms with Crippen LogP contribution in [0.15, 0.2) is 85.2 Å². The second-order valence-corrected chi connectivity index (χ2v) is 8.09. The van der Waals surface area contributed by atoms with E-state index in [1.54, 1.807) is 6.33 Å². The second-order valence-electron chi connectivity index (χ2n) is 8.09. The van der Waals surface area contributed by atoms with Crippen LogP contribution in [-0.2, 0) is 0 Å². The van der Waals surface area contributed by atoms with E-state index < -0.39 is 0 Å². The summed E-state index contributed by atoms with van der Waals surface area (Å²) in [6, 6.07) is 28.3. The lowest BCUT2D eigenvalue weighted by Gasteiger charge is -2.12. The molecule has 6 rings (SSSR count). The van der Waals surface area contributed by atoms with Crippen molar-refractivity contribution in [2.75, 3.05) is 0 Å². The average molecular weight is 387 g/mol. The van der Waals surface area contributed by atoms with E-state index in [0.717, 1.165) is 22.3 Å². The number of hydrogen-bond donors (Lipinski definition) is 0. The summed E-state index contributed by atoms with van der Waals surface area (Å²) in [6.45, 7) is 4.45. The quantitative estimate of drug-likeness (QED) is 0.316. The monoisotopic (exact) mass is 387 g/mol. The summed E-state index contributed by atoms with van der Waals surface area (Å²) in [5.74, 6) is 0. The van der Waals surface area contributed by atoms with E-state index in [1.165, 1.54) is 32.4 Å². The van der Waals surface area contributed by atoms with Crippen LogP contribution in [-0.4, -0.2) is 14.5 Å². The van der Waals surface area contributed by atoms with Gasteiger partial charge in [0.1, 0.15) is 12.0 Å². The van der Waals surface area contributed by atoms with Crippen LogP contribution in [0.3, 0.4) is 0 Å². The molecule has 144 valence electrons. The zero-order chi connectivity index (χ0) is 20.2. The normalized spacial score (nSPS) is 12.0. The predicted octanol–water partition coefficient (Wildman–Crippen LogP) is 7.14. The lowest BCUT2D eigenvalue weighted by atomic mass is 9.99. The van der Waals surface area contributed by atoms with Gasteiger partial charge in [-0.3, -0.25) is 0 Å². The van der Waals surface area contributed by atoms with E-state index in [1.807, 2.05) is 0 Å². The maximum atomic E-state index is 4.81. The Kier molecular flexibility index (Phi) is 3.66. The number of aromatic nitrogens is 3. The lowest BCUT2D eigenvalue weighted by Crippen LogP contribution is -2.02. The molecule has 0 saturated heterocycles. The Morgan fingerprint density at radius 1 is 0.667 bits per heavy atom. The zero-order valence-corrected chi connectivity index (χ0v) is 17.0. The van der Waals surface area contributed by atoms with Crippen molar-refractivity contribution < 1.29 is 0 Å². The Bertz CT molecular complexity index is 1570. The molecule has 0 spiro atoms. The van der Waals surface area contributed by atoms with Crippen molar-refractivity contribution in [2.24, 2.45) is 0 Å². The van der Waals surface area contributed by atoms with Gasteiger partial charge in [0, 0.05) is 22.4 Å². The highest BCUT2D eigenvalue weighted by Gasteiger charge is 2.20. The van der Waals surface area contributed by atoms with Gasteiger partial charge in [0.05, 0.1) is 16.6 Å². The van der Waals surface area contributed by atoms with Gasteiger partial charge in [-0.1, -0.05) is 78.9 Å². The minimum Gasteiger partial charge on any atom is -0.322 e. The van der Waals surface area contributed by atoms with Gasteiger partial charge in [-0.05, 0) is 30.0 Å². The summed E-state index contributed by atoms with van der Waals surface area (Å²) in [4.78, 5) is 9.57. The van der Waals surface area contributed by atoms with Crippen molar-refractivity contribution >= 4 is 43.5 Å². The summed E-state index contributed by atoms with van der Waals surface area (Å²) in [6.07, 6.45) is 1.71. The average Bonchev–Trinajstić information content (AvgIpc) is 3.14. The molecule has 0 atom stereocenters. The number of nitrogens with zero attached hydrogens (tertiary/aromatic N) is 3. The second kappa shape index (κ2) is 6.39. The van der Waals surface area contributed by atoms with E-state index >= 15 is 0 Å². The SMILES string of the molecule is CC(C)n1c2ncnc(-c3cccc4ccccc34)c2c2ccc3ccccc3c21. The van der Waals surface area contributed by atoms with Crippen LogP contribution in [0, 0.1) is 0 Å². The largest absolute Gasteiger partial charge is 0.322 e. The molecular formula is C27H21N3. The van der Waals surface area contributed by atoms with Gasteiger partial charge in [-0.2, -0.15) is 0 Å². The molecule has 3 heteroatoms. The molecule has 0 aliphatic heterocycles. The van der Waals surface area contributed by atoms with E-state index in [4.69, 9.17) is 9.97 Å². The van der Waals surface area contributed by atoms with Crippen molar-refractivity contribution in [2.45, 2.75) is 19.9 Å². The van der Waals surface area contributed by atoms with Gasteiger partial charge in [-0.15, -0.1) is 0 Å². The van der Waals surface area contributed by atoms with Crippen LogP contribution in [0.2, 0.25) is 0 Å². The van der Waals surface area contributed by atoms with E-state index in [0.29, 0.717) is 0 Å². The zero-order valence-electron chi connectivity index (χ0n) is 17.0. The first-order chi connectivity index (χ1) is 14.7. The summed E-state index contributed by atoms with van der Waals surface area (Å²) in [5.41, 5.74) is 4.38. The van der Waals surface area contributed by atoms with Crippen molar-refractivity contribution in [3.05, 3.63) is 85.2 Å². The summed E-state index contributed by atoms with van der Waals surface area (Å²) >= 11 is 0. The van der Waals surface area contributed by atoms with Crippen LogP contribution in [0.25, 0.3) is 54.7 Å². The maximum Gasteiger partial charge on any atom is 0.145 e. The first-order valence-corrected chi connectivity index (χ1v) is 10.4. The number of fused-ring (bicyclic) bond motifs is 6. The molecule has 0 amide bonds. The highest BCUT2D eigenvalue weighted by Crippen LogP contribution is 2.40. The van der Waals surface area contributed by atoms with Gasteiger partial charge in [0.2, 0.25) is 0 Å². The fourth-order valence-electron chi connectivity index (χ4n) is 4.77. The molecule has 0 aliphatic carbocycles. The molecule has 0 saturated carbocycles. The fraction of sp³-hybridized carbons (Fsp3) is 0.111. The van der Waals surface area contributed by atoms with Crippen LogP contribution in [0.4, 0.5) is 0 Å². The molecule has 0 fully saturated rings. The van der Waals surface area contributed by atoms with Crippen LogP contribution < -0.4 is 0 Å². The van der Waals surface area contributed by atoms with Gasteiger partial charge in [0.25, 0.3) is 0 Å². The molecule has 0 radical (unpaired) electrons. The Morgan fingerprint density at radius 2 is 1.37 bits per heavy atom. The molecular weight excluding hydrogens is 366 g/mol. The van der Waals surface area contributed by atoms with Crippen molar-refractivity contribution in [3.8, 4) is 11.3 Å². The minimum absolute atomic E-state index is 0.283. The molecule has 0 unspecified atom stereocenters. The van der Waals surface area contributed by atoms with Gasteiger partial charge >= 0.3 is 0 Å². The first-order valence-electron chi connectivity index (χ1n) is 10.4. The lowest BCUT2D eigenvalue weighted by molar-refractivity contribution is 0.638. The molecule has 2 aromatic heterocycles. The third-order valence-electron chi connectivity index (χ3n) is 6.03. The number of rotatable bonds is 2. The maximum absolute atomic E-state index is 4.81. The summed E-state index contributed by atoms with van der Waals surface area (Å²) in [7, 11) is 0. The number of benzene rings is 4. The van der Waals surface area contributed by atoms with E-state index in [-0.39, 0.29) is 6.04 Å². The van der Waals surface area contributed by atoms with Crippen LogP contribution in [0.5, 0.6) is 0 Å². The van der Waals surface area contributed by atoms with Gasteiger partial charge in [0.15, 0.2) is 0 Å². The Hall–Kier alpha value is -3.72. The Morgan fingerprint density at radius 3 is 2.17 bits per heavy atom. The fourth-order valence-corrected chi connectivity index (χ4v) is 4.77. The van der Waals surface area contributed by atoms with Gasteiger partial charge in [-0.25, -0.2) is 9.97 Å².